The van der Waals surface area contributed by atoms with Crippen molar-refractivity contribution in [3.8, 4) is 0 Å². The number of fused-ring (bicyclic) bond motifs is 1. The summed E-state index contributed by atoms with van der Waals surface area (Å²) in [7, 11) is 0. The van der Waals surface area contributed by atoms with Gasteiger partial charge in [0.05, 0.1) is 16.3 Å². The molecule has 0 radical (unpaired) electrons. The lowest BCUT2D eigenvalue weighted by Gasteiger charge is -2.35. The van der Waals surface area contributed by atoms with Crippen molar-refractivity contribution >= 4 is 29.1 Å². The third-order valence-electron chi connectivity index (χ3n) is 5.93. The molecule has 3 aromatic rings. The lowest BCUT2D eigenvalue weighted by Crippen LogP contribution is -2.50. The number of aromatic nitrogens is 2. The molecule has 33 heavy (non-hydrogen) atoms. The Bertz CT molecular complexity index is 1190. The van der Waals surface area contributed by atoms with Crippen LogP contribution in [-0.4, -0.2) is 57.2 Å². The minimum atomic E-state index is -4.50. The molecule has 0 bridgehead atoms. The summed E-state index contributed by atoms with van der Waals surface area (Å²) in [5.41, 5.74) is 0.734. The van der Waals surface area contributed by atoms with E-state index in [-0.39, 0.29) is 18.2 Å². The van der Waals surface area contributed by atoms with E-state index < -0.39 is 17.7 Å². The third-order valence-corrected chi connectivity index (χ3v) is 6.15. The molecule has 174 valence electrons. The largest absolute Gasteiger partial charge is 0.416 e. The zero-order chi connectivity index (χ0) is 23.8. The summed E-state index contributed by atoms with van der Waals surface area (Å²) < 4.78 is 41.9. The summed E-state index contributed by atoms with van der Waals surface area (Å²) >= 11 is 6.15. The van der Waals surface area contributed by atoms with E-state index in [0.717, 1.165) is 12.1 Å². The molecule has 1 aromatic carbocycles. The molecule has 1 atom stereocenters. The van der Waals surface area contributed by atoms with Crippen molar-refractivity contribution in [2.24, 2.45) is 0 Å². The molecule has 1 aliphatic rings. The molecule has 1 unspecified atom stereocenters. The summed E-state index contributed by atoms with van der Waals surface area (Å²) in [6.45, 7) is 3.11. The van der Waals surface area contributed by atoms with Crippen LogP contribution in [0.1, 0.15) is 36.1 Å². The highest BCUT2D eigenvalue weighted by Crippen LogP contribution is 2.35. The maximum Gasteiger partial charge on any atom is 0.416 e. The topological polar surface area (TPSA) is 57.9 Å². The average molecular weight is 479 g/mol. The van der Waals surface area contributed by atoms with Gasteiger partial charge in [0.2, 0.25) is 11.8 Å². The van der Waals surface area contributed by atoms with Crippen LogP contribution in [0.5, 0.6) is 0 Å². The number of benzene rings is 1. The second kappa shape index (κ2) is 9.05. The number of piperazine rings is 1. The Kier molecular flexibility index (Phi) is 6.34. The zero-order valence-electron chi connectivity index (χ0n) is 17.8. The highest BCUT2D eigenvalue weighted by atomic mass is 35.5. The number of imidazole rings is 1. The van der Waals surface area contributed by atoms with E-state index >= 15 is 0 Å². The van der Waals surface area contributed by atoms with E-state index in [2.05, 4.69) is 4.98 Å². The van der Waals surface area contributed by atoms with Crippen molar-refractivity contribution in [3.05, 3.63) is 70.6 Å². The maximum absolute atomic E-state index is 13.4. The van der Waals surface area contributed by atoms with Gasteiger partial charge in [-0.3, -0.25) is 9.59 Å². The van der Waals surface area contributed by atoms with Crippen LogP contribution in [0.15, 0.2) is 48.8 Å². The normalized spacial score (nSPS) is 15.7. The van der Waals surface area contributed by atoms with Gasteiger partial charge in [-0.05, 0) is 23.8 Å². The van der Waals surface area contributed by atoms with Crippen LogP contribution in [-0.2, 0) is 15.8 Å². The maximum atomic E-state index is 13.4. The molecule has 3 heterocycles. The predicted octanol–water partition coefficient (Wildman–Crippen LogP) is 4.22. The molecular weight excluding hydrogens is 457 g/mol. The van der Waals surface area contributed by atoms with E-state index in [1.165, 1.54) is 13.0 Å². The molecule has 10 heteroatoms. The average Bonchev–Trinajstić information content (AvgIpc) is 3.19. The molecule has 0 aliphatic carbocycles. The first-order valence-corrected chi connectivity index (χ1v) is 10.8. The quantitative estimate of drug-likeness (QED) is 0.564. The van der Waals surface area contributed by atoms with Crippen LogP contribution in [0, 0.1) is 0 Å². The fourth-order valence-corrected chi connectivity index (χ4v) is 4.29. The second-order valence-electron chi connectivity index (χ2n) is 8.03. The smallest absolute Gasteiger partial charge is 0.339 e. The van der Waals surface area contributed by atoms with Gasteiger partial charge in [0.1, 0.15) is 5.65 Å². The summed E-state index contributed by atoms with van der Waals surface area (Å²) in [6.07, 6.45) is -1.34. The molecule has 6 nitrogen and oxygen atoms in total. The number of rotatable bonds is 4. The minimum absolute atomic E-state index is 0.0400. The Morgan fingerprint density at radius 2 is 1.79 bits per heavy atom. The van der Waals surface area contributed by atoms with Gasteiger partial charge in [0, 0.05) is 57.8 Å². The fraction of sp³-hybridized carbons (Fsp3) is 0.348. The fourth-order valence-electron chi connectivity index (χ4n) is 4.13. The standard InChI is InChI=1S/C23H22ClF3N4O2/c1-15(32)29-7-9-30(10-8-29)22(33)12-19(16-3-2-4-17(11-16)23(25,26)27)20-13-28-21-6-5-18(24)14-31(20)21/h2-6,11,13-14,19H,7-10,12H2,1H3. The molecule has 2 amide bonds. The van der Waals surface area contributed by atoms with Gasteiger partial charge in [0.25, 0.3) is 0 Å². The molecule has 0 saturated carbocycles. The van der Waals surface area contributed by atoms with Gasteiger partial charge < -0.3 is 14.2 Å². The molecule has 2 aromatic heterocycles. The van der Waals surface area contributed by atoms with Gasteiger partial charge in [-0.2, -0.15) is 13.2 Å². The van der Waals surface area contributed by atoms with Gasteiger partial charge in [-0.25, -0.2) is 4.98 Å². The van der Waals surface area contributed by atoms with E-state index in [9.17, 15) is 22.8 Å². The van der Waals surface area contributed by atoms with Crippen LogP contribution >= 0.6 is 11.6 Å². The van der Waals surface area contributed by atoms with Crippen LogP contribution in [0.3, 0.4) is 0 Å². The van der Waals surface area contributed by atoms with Crippen LogP contribution in [0.25, 0.3) is 5.65 Å². The van der Waals surface area contributed by atoms with Crippen LogP contribution in [0.2, 0.25) is 5.02 Å². The molecule has 0 N–H and O–H groups in total. The van der Waals surface area contributed by atoms with Gasteiger partial charge >= 0.3 is 6.18 Å². The summed E-state index contributed by atoms with van der Waals surface area (Å²) in [4.78, 5) is 32.4. The predicted molar refractivity (Wildman–Crippen MR) is 117 cm³/mol. The highest BCUT2D eigenvalue weighted by molar-refractivity contribution is 6.30. The molecule has 1 aliphatic heterocycles. The molecule has 0 spiro atoms. The van der Waals surface area contributed by atoms with E-state index in [1.54, 1.807) is 44.8 Å². The van der Waals surface area contributed by atoms with Gasteiger partial charge in [-0.1, -0.05) is 29.8 Å². The minimum Gasteiger partial charge on any atom is -0.339 e. The summed E-state index contributed by atoms with van der Waals surface area (Å²) in [5.74, 6) is -0.914. The molecular formula is C23H22ClF3N4O2. The Hall–Kier alpha value is -3.07. The number of halogens is 4. The summed E-state index contributed by atoms with van der Waals surface area (Å²) in [5, 5.41) is 0.441. The van der Waals surface area contributed by atoms with Crippen molar-refractivity contribution in [1.82, 2.24) is 19.2 Å². The molecule has 1 saturated heterocycles. The van der Waals surface area contributed by atoms with Crippen molar-refractivity contribution < 1.29 is 22.8 Å². The van der Waals surface area contributed by atoms with Crippen molar-refractivity contribution in [3.63, 3.8) is 0 Å². The number of nitrogens with zero attached hydrogens (tertiary/aromatic N) is 4. The molecule has 4 rings (SSSR count). The first kappa shape index (κ1) is 23.1. The Morgan fingerprint density at radius 3 is 2.45 bits per heavy atom. The Labute approximate surface area is 193 Å². The molecule has 1 fully saturated rings. The first-order valence-electron chi connectivity index (χ1n) is 10.5. The number of hydrogen-bond acceptors (Lipinski definition) is 3. The SMILES string of the molecule is CC(=O)N1CCN(C(=O)CC(c2cccc(C(F)(F)F)c2)c2cnc3ccc(Cl)cn23)CC1. The van der Waals surface area contributed by atoms with E-state index in [1.807, 2.05) is 0 Å². The van der Waals surface area contributed by atoms with Crippen molar-refractivity contribution in [2.45, 2.75) is 25.4 Å². The summed E-state index contributed by atoms with van der Waals surface area (Å²) in [6, 6.07) is 8.40. The van der Waals surface area contributed by atoms with Crippen molar-refractivity contribution in [1.29, 1.82) is 0 Å². The van der Waals surface area contributed by atoms with Crippen LogP contribution < -0.4 is 0 Å². The Morgan fingerprint density at radius 1 is 1.09 bits per heavy atom. The van der Waals surface area contributed by atoms with E-state index in [4.69, 9.17) is 11.6 Å². The number of carbonyl (C=O) groups is 2. The number of carbonyl (C=O) groups excluding carboxylic acids is 2. The lowest BCUT2D eigenvalue weighted by atomic mass is 9.90. The Balaban J connectivity index is 1.69. The zero-order valence-corrected chi connectivity index (χ0v) is 18.6. The van der Waals surface area contributed by atoms with Crippen molar-refractivity contribution in [2.75, 3.05) is 26.2 Å². The lowest BCUT2D eigenvalue weighted by molar-refractivity contribution is -0.138. The van der Waals surface area contributed by atoms with Gasteiger partial charge in [0.15, 0.2) is 0 Å². The number of amides is 2. The van der Waals surface area contributed by atoms with Gasteiger partial charge in [-0.15, -0.1) is 0 Å². The third kappa shape index (κ3) is 4.98. The first-order chi connectivity index (χ1) is 15.6. The number of hydrogen-bond donors (Lipinski definition) is 0. The monoisotopic (exact) mass is 478 g/mol. The van der Waals surface area contributed by atoms with E-state index in [0.29, 0.717) is 48.1 Å². The highest BCUT2D eigenvalue weighted by Gasteiger charge is 2.33. The second-order valence-corrected chi connectivity index (χ2v) is 8.46. The number of alkyl halides is 3. The number of pyridine rings is 1. The van der Waals surface area contributed by atoms with Crippen LogP contribution in [0.4, 0.5) is 13.2 Å².